The quantitative estimate of drug-likeness (QED) is 0.834. The Morgan fingerprint density at radius 2 is 1.96 bits per heavy atom. The van der Waals surface area contributed by atoms with Crippen molar-refractivity contribution in [3.05, 3.63) is 28.7 Å². The maximum absolute atomic E-state index is 12.3. The normalized spacial score (nSPS) is 18.9. The van der Waals surface area contributed by atoms with Crippen molar-refractivity contribution >= 4 is 11.8 Å². The number of nitrogens with zero attached hydrogens (tertiary/aromatic N) is 3. The van der Waals surface area contributed by atoms with Gasteiger partial charge in [-0.15, -0.1) is 0 Å². The molecule has 0 saturated carbocycles. The number of anilines is 1. The van der Waals surface area contributed by atoms with Crippen molar-refractivity contribution in [3.63, 3.8) is 0 Å². The van der Waals surface area contributed by atoms with Gasteiger partial charge in [0.05, 0.1) is 0 Å². The molecule has 1 aromatic rings. The summed E-state index contributed by atoms with van der Waals surface area (Å²) in [5.41, 5.74) is 0.423. The number of piperazine rings is 1. The molecule has 24 heavy (non-hydrogen) atoms. The summed E-state index contributed by atoms with van der Waals surface area (Å²) in [6, 6.07) is 3.82. The SMILES string of the molecule is CC(C)n1ccc(N2CCN(C(=O)OC(C)(C)C)[C@H](C)C2)cc1=O. The summed E-state index contributed by atoms with van der Waals surface area (Å²) in [7, 11) is 0. The van der Waals surface area contributed by atoms with E-state index in [0.29, 0.717) is 19.6 Å². The summed E-state index contributed by atoms with van der Waals surface area (Å²) < 4.78 is 7.18. The molecule has 2 heterocycles. The predicted octanol–water partition coefficient (Wildman–Crippen LogP) is 2.87. The van der Waals surface area contributed by atoms with Crippen molar-refractivity contribution in [1.29, 1.82) is 0 Å². The first-order chi connectivity index (χ1) is 11.1. The van der Waals surface area contributed by atoms with Gasteiger partial charge in [-0.1, -0.05) is 0 Å². The highest BCUT2D eigenvalue weighted by atomic mass is 16.6. The number of rotatable bonds is 2. The van der Waals surface area contributed by atoms with E-state index in [1.54, 1.807) is 15.5 Å². The number of aromatic nitrogens is 1. The summed E-state index contributed by atoms with van der Waals surface area (Å²) >= 11 is 0. The lowest BCUT2D eigenvalue weighted by Crippen LogP contribution is -2.55. The van der Waals surface area contributed by atoms with Gasteiger partial charge in [-0.3, -0.25) is 4.79 Å². The fraction of sp³-hybridized carbons (Fsp3) is 0.667. The molecule has 1 aliphatic rings. The summed E-state index contributed by atoms with van der Waals surface area (Å²) in [6.07, 6.45) is 1.57. The molecule has 0 radical (unpaired) electrons. The van der Waals surface area contributed by atoms with Crippen LogP contribution in [0.2, 0.25) is 0 Å². The number of ether oxygens (including phenoxy) is 1. The molecule has 6 heteroatoms. The third-order valence-corrected chi connectivity index (χ3v) is 4.11. The molecular formula is C18H29N3O3. The van der Waals surface area contributed by atoms with Gasteiger partial charge in [0.15, 0.2) is 0 Å². The van der Waals surface area contributed by atoms with Crippen molar-refractivity contribution in [1.82, 2.24) is 9.47 Å². The van der Waals surface area contributed by atoms with Crippen molar-refractivity contribution in [2.45, 2.75) is 59.2 Å². The monoisotopic (exact) mass is 335 g/mol. The van der Waals surface area contributed by atoms with E-state index in [1.165, 1.54) is 0 Å². The van der Waals surface area contributed by atoms with Gasteiger partial charge in [-0.05, 0) is 47.6 Å². The number of carbonyl (C=O) groups is 1. The Morgan fingerprint density at radius 3 is 2.46 bits per heavy atom. The van der Waals surface area contributed by atoms with Gasteiger partial charge in [-0.2, -0.15) is 0 Å². The molecule has 0 spiro atoms. The molecule has 0 aliphatic carbocycles. The Morgan fingerprint density at radius 1 is 1.29 bits per heavy atom. The highest BCUT2D eigenvalue weighted by molar-refractivity contribution is 5.69. The average Bonchev–Trinajstić information content (AvgIpc) is 2.44. The van der Waals surface area contributed by atoms with E-state index in [4.69, 9.17) is 4.74 Å². The fourth-order valence-electron chi connectivity index (χ4n) is 2.89. The van der Waals surface area contributed by atoms with E-state index in [0.717, 1.165) is 5.69 Å². The van der Waals surface area contributed by atoms with Crippen LogP contribution in [0.1, 0.15) is 47.6 Å². The second kappa shape index (κ2) is 6.87. The third kappa shape index (κ3) is 4.30. The van der Waals surface area contributed by atoms with E-state index in [1.807, 2.05) is 53.8 Å². The first-order valence-electron chi connectivity index (χ1n) is 8.55. The number of hydrogen-bond acceptors (Lipinski definition) is 4. The predicted molar refractivity (Wildman–Crippen MR) is 95.7 cm³/mol. The molecule has 0 aromatic carbocycles. The molecule has 0 N–H and O–H groups in total. The highest BCUT2D eigenvalue weighted by Crippen LogP contribution is 2.20. The lowest BCUT2D eigenvalue weighted by atomic mass is 10.1. The minimum atomic E-state index is -0.491. The van der Waals surface area contributed by atoms with Gasteiger partial charge in [0.25, 0.3) is 5.56 Å². The zero-order valence-electron chi connectivity index (χ0n) is 15.6. The van der Waals surface area contributed by atoms with E-state index >= 15 is 0 Å². The summed E-state index contributed by atoms with van der Waals surface area (Å²) in [4.78, 5) is 28.4. The molecule has 1 amide bonds. The number of hydrogen-bond donors (Lipinski definition) is 0. The zero-order chi connectivity index (χ0) is 18.1. The molecule has 0 unspecified atom stereocenters. The molecular weight excluding hydrogens is 306 g/mol. The van der Waals surface area contributed by atoms with Gasteiger partial charge >= 0.3 is 6.09 Å². The minimum absolute atomic E-state index is 0.00437. The molecule has 1 fully saturated rings. The van der Waals surface area contributed by atoms with Gasteiger partial charge in [0.1, 0.15) is 5.60 Å². The van der Waals surface area contributed by atoms with E-state index in [9.17, 15) is 9.59 Å². The van der Waals surface area contributed by atoms with Crippen LogP contribution in [0.3, 0.4) is 0 Å². The first-order valence-corrected chi connectivity index (χ1v) is 8.55. The molecule has 1 aromatic heterocycles. The second-order valence-corrected chi connectivity index (χ2v) is 7.69. The molecule has 1 atom stereocenters. The topological polar surface area (TPSA) is 54.8 Å². The number of pyridine rings is 1. The van der Waals surface area contributed by atoms with Crippen LogP contribution in [0.25, 0.3) is 0 Å². The lowest BCUT2D eigenvalue weighted by Gasteiger charge is -2.41. The Kier molecular flexibility index (Phi) is 5.26. The van der Waals surface area contributed by atoms with Gasteiger partial charge in [0.2, 0.25) is 0 Å². The molecule has 134 valence electrons. The van der Waals surface area contributed by atoms with Crippen LogP contribution >= 0.6 is 0 Å². The van der Waals surface area contributed by atoms with Crippen molar-refractivity contribution in [2.24, 2.45) is 0 Å². The maximum Gasteiger partial charge on any atom is 0.410 e. The summed E-state index contributed by atoms with van der Waals surface area (Å²) in [5, 5.41) is 0. The number of amides is 1. The van der Waals surface area contributed by atoms with Crippen molar-refractivity contribution in [3.8, 4) is 0 Å². The highest BCUT2D eigenvalue weighted by Gasteiger charge is 2.31. The van der Waals surface area contributed by atoms with Crippen LogP contribution in [0.15, 0.2) is 23.1 Å². The van der Waals surface area contributed by atoms with E-state index in [-0.39, 0.29) is 23.7 Å². The third-order valence-electron chi connectivity index (χ3n) is 4.11. The largest absolute Gasteiger partial charge is 0.444 e. The maximum atomic E-state index is 12.3. The standard InChI is InChI=1S/C18H29N3O3/c1-13(2)20-8-7-15(11-16(20)22)19-9-10-21(14(3)12-19)17(23)24-18(4,5)6/h7-8,11,13-14H,9-10,12H2,1-6H3/t14-/m1/s1. The Balaban J connectivity index is 2.07. The Bertz CT molecular complexity index is 646. The molecule has 6 nitrogen and oxygen atoms in total. The van der Waals surface area contributed by atoms with Crippen LogP contribution < -0.4 is 10.5 Å². The van der Waals surface area contributed by atoms with Crippen LogP contribution in [0.5, 0.6) is 0 Å². The van der Waals surface area contributed by atoms with Crippen LogP contribution in [0.4, 0.5) is 10.5 Å². The van der Waals surface area contributed by atoms with E-state index in [2.05, 4.69) is 4.90 Å². The Labute approximate surface area is 144 Å². The summed E-state index contributed by atoms with van der Waals surface area (Å²) in [5.74, 6) is 0. The van der Waals surface area contributed by atoms with E-state index < -0.39 is 5.60 Å². The molecule has 1 saturated heterocycles. The van der Waals surface area contributed by atoms with Gasteiger partial charge in [-0.25, -0.2) is 4.79 Å². The second-order valence-electron chi connectivity index (χ2n) is 7.69. The van der Waals surface area contributed by atoms with Gasteiger partial charge < -0.3 is 19.1 Å². The lowest BCUT2D eigenvalue weighted by molar-refractivity contribution is 0.0159. The Hall–Kier alpha value is -1.98. The fourth-order valence-corrected chi connectivity index (χ4v) is 2.89. The smallest absolute Gasteiger partial charge is 0.410 e. The molecule has 2 rings (SSSR count). The summed E-state index contributed by atoms with van der Waals surface area (Å²) in [6.45, 7) is 13.6. The molecule has 0 bridgehead atoms. The first kappa shape index (κ1) is 18.4. The molecule has 1 aliphatic heterocycles. The average molecular weight is 335 g/mol. The van der Waals surface area contributed by atoms with Gasteiger partial charge in [0, 0.05) is 49.7 Å². The van der Waals surface area contributed by atoms with Crippen LogP contribution in [-0.2, 0) is 4.74 Å². The zero-order valence-corrected chi connectivity index (χ0v) is 15.6. The van der Waals surface area contributed by atoms with Crippen LogP contribution in [0, 0.1) is 0 Å². The number of carbonyl (C=O) groups excluding carboxylic acids is 1. The van der Waals surface area contributed by atoms with Crippen LogP contribution in [-0.4, -0.2) is 46.8 Å². The minimum Gasteiger partial charge on any atom is -0.444 e. The van der Waals surface area contributed by atoms with Crippen molar-refractivity contribution in [2.75, 3.05) is 24.5 Å². The van der Waals surface area contributed by atoms with Crippen molar-refractivity contribution < 1.29 is 9.53 Å².